The van der Waals surface area contributed by atoms with Gasteiger partial charge in [0.25, 0.3) is 0 Å². The van der Waals surface area contributed by atoms with E-state index in [-0.39, 0.29) is 24.9 Å². The number of aliphatic hydroxyl groups is 1. The van der Waals surface area contributed by atoms with E-state index in [0.717, 1.165) is 11.7 Å². The minimum absolute atomic E-state index is 0.0383. The molecule has 1 rings (SSSR count). The summed E-state index contributed by atoms with van der Waals surface area (Å²) in [5, 5.41) is 12.5. The van der Waals surface area contributed by atoms with E-state index >= 15 is 0 Å². The molecule has 0 radical (unpaired) electrons. The minimum Gasteiger partial charge on any atom is -0.473 e. The van der Waals surface area contributed by atoms with E-state index in [1.807, 2.05) is 0 Å². The van der Waals surface area contributed by atoms with Gasteiger partial charge in [-0.15, -0.1) is 4.37 Å². The zero-order chi connectivity index (χ0) is 13.6. The van der Waals surface area contributed by atoms with Crippen molar-refractivity contribution in [1.82, 2.24) is 14.1 Å². The lowest BCUT2D eigenvalue weighted by Crippen LogP contribution is -2.39. The number of aliphatic hydroxyl groups excluding tert-OH is 1. The van der Waals surface area contributed by atoms with Crippen molar-refractivity contribution in [2.45, 2.75) is 19.1 Å². The van der Waals surface area contributed by atoms with Gasteiger partial charge in [-0.2, -0.15) is 4.37 Å². The molecule has 1 heterocycles. The van der Waals surface area contributed by atoms with Crippen LogP contribution in [-0.4, -0.2) is 59.6 Å². The first-order chi connectivity index (χ1) is 8.37. The summed E-state index contributed by atoms with van der Waals surface area (Å²) < 4.78 is 34.8. The number of nitrogens with zero attached hydrogens (tertiary/aromatic N) is 2. The molecule has 1 aromatic heterocycles. The van der Waals surface area contributed by atoms with Gasteiger partial charge in [-0.1, -0.05) is 0 Å². The summed E-state index contributed by atoms with van der Waals surface area (Å²) in [6, 6.07) is -0.212. The molecule has 0 saturated carbocycles. The molecule has 0 fully saturated rings. The number of sulfone groups is 1. The smallest absolute Gasteiger partial charge is 0.245 e. The monoisotopic (exact) mass is 295 g/mol. The van der Waals surface area contributed by atoms with E-state index in [9.17, 15) is 13.5 Å². The van der Waals surface area contributed by atoms with Crippen LogP contribution in [0.1, 0.15) is 6.92 Å². The molecule has 0 bridgehead atoms. The summed E-state index contributed by atoms with van der Waals surface area (Å²) in [6.45, 7) is 2.09. The van der Waals surface area contributed by atoms with Crippen molar-refractivity contribution in [2.75, 3.05) is 25.2 Å². The Kier molecular flexibility index (Phi) is 5.93. The maximum Gasteiger partial charge on any atom is 0.245 e. The second kappa shape index (κ2) is 6.98. The Labute approximate surface area is 110 Å². The lowest BCUT2D eigenvalue weighted by molar-refractivity contribution is 0.103. The third kappa shape index (κ3) is 6.84. The SMILES string of the molecule is CC(CS(C)(=O)=O)NCC(O)COc1cnsn1. The largest absolute Gasteiger partial charge is 0.473 e. The van der Waals surface area contributed by atoms with Crippen molar-refractivity contribution in [1.29, 1.82) is 0 Å². The van der Waals surface area contributed by atoms with Crippen molar-refractivity contribution in [2.24, 2.45) is 0 Å². The summed E-state index contributed by atoms with van der Waals surface area (Å²) >= 11 is 1.03. The van der Waals surface area contributed by atoms with Crippen LogP contribution < -0.4 is 10.1 Å². The third-order valence-corrected chi connectivity index (χ3v) is 3.59. The zero-order valence-corrected chi connectivity index (χ0v) is 11.9. The Balaban J connectivity index is 2.18. The second-order valence-electron chi connectivity index (χ2n) is 4.11. The molecule has 2 unspecified atom stereocenters. The van der Waals surface area contributed by atoms with Crippen molar-refractivity contribution in [3.05, 3.63) is 6.20 Å². The van der Waals surface area contributed by atoms with Gasteiger partial charge in [0.05, 0.1) is 17.5 Å². The number of hydrogen-bond donors (Lipinski definition) is 2. The first-order valence-electron chi connectivity index (χ1n) is 5.36. The molecule has 0 amide bonds. The molecular formula is C9H17N3O4S2. The van der Waals surface area contributed by atoms with E-state index < -0.39 is 15.9 Å². The molecule has 0 aliphatic heterocycles. The number of nitrogens with one attached hydrogen (secondary N) is 1. The summed E-state index contributed by atoms with van der Waals surface area (Å²) in [4.78, 5) is 0. The van der Waals surface area contributed by atoms with Gasteiger partial charge in [-0.3, -0.25) is 0 Å². The van der Waals surface area contributed by atoms with Crippen molar-refractivity contribution in [3.63, 3.8) is 0 Å². The van der Waals surface area contributed by atoms with Crippen LogP contribution >= 0.6 is 11.7 Å². The molecule has 1 aromatic rings. The summed E-state index contributed by atoms with van der Waals surface area (Å²) in [7, 11) is -3.01. The van der Waals surface area contributed by atoms with E-state index in [0.29, 0.717) is 5.88 Å². The summed E-state index contributed by atoms with van der Waals surface area (Å²) in [5.41, 5.74) is 0. The van der Waals surface area contributed by atoms with Crippen LogP contribution in [0, 0.1) is 0 Å². The van der Waals surface area contributed by atoms with Crippen LogP contribution in [0.5, 0.6) is 5.88 Å². The summed E-state index contributed by atoms with van der Waals surface area (Å²) in [5.74, 6) is 0.416. The molecule has 0 spiro atoms. The number of ether oxygens (including phenoxy) is 1. The average Bonchev–Trinajstić information content (AvgIpc) is 2.74. The maximum atomic E-state index is 11.0. The average molecular weight is 295 g/mol. The number of aromatic nitrogens is 2. The van der Waals surface area contributed by atoms with Gasteiger partial charge in [0.1, 0.15) is 28.7 Å². The fourth-order valence-corrected chi connectivity index (χ4v) is 2.70. The summed E-state index contributed by atoms with van der Waals surface area (Å²) in [6.07, 6.45) is 1.92. The highest BCUT2D eigenvalue weighted by molar-refractivity contribution is 7.90. The van der Waals surface area contributed by atoms with Crippen LogP contribution in [0.25, 0.3) is 0 Å². The van der Waals surface area contributed by atoms with E-state index in [1.54, 1.807) is 6.92 Å². The first-order valence-corrected chi connectivity index (χ1v) is 8.15. The van der Waals surface area contributed by atoms with Gasteiger partial charge in [-0.25, -0.2) is 8.42 Å². The Bertz CT molecular complexity index is 435. The normalized spacial score (nSPS) is 15.3. The highest BCUT2D eigenvalue weighted by atomic mass is 32.2. The van der Waals surface area contributed by atoms with Crippen molar-refractivity contribution < 1.29 is 18.3 Å². The van der Waals surface area contributed by atoms with Gasteiger partial charge in [-0.05, 0) is 6.92 Å². The fraction of sp³-hybridized carbons (Fsp3) is 0.778. The van der Waals surface area contributed by atoms with Gasteiger partial charge < -0.3 is 15.2 Å². The fourth-order valence-electron chi connectivity index (χ4n) is 1.31. The minimum atomic E-state index is -3.01. The standard InChI is InChI=1S/C9H17N3O4S2/c1-7(6-18(2,14)15)10-3-8(13)5-16-9-4-11-17-12-9/h4,7-8,10,13H,3,5-6H2,1-2H3. The highest BCUT2D eigenvalue weighted by Gasteiger charge is 2.12. The van der Waals surface area contributed by atoms with Crippen LogP contribution in [0.15, 0.2) is 6.20 Å². The molecule has 18 heavy (non-hydrogen) atoms. The topological polar surface area (TPSA) is 101 Å². The Morgan fingerprint density at radius 1 is 1.61 bits per heavy atom. The molecule has 2 atom stereocenters. The van der Waals surface area contributed by atoms with E-state index in [2.05, 4.69) is 14.1 Å². The number of hydrogen-bond acceptors (Lipinski definition) is 8. The first kappa shape index (κ1) is 15.3. The van der Waals surface area contributed by atoms with Gasteiger partial charge in [0.2, 0.25) is 5.88 Å². The van der Waals surface area contributed by atoms with E-state index in [1.165, 1.54) is 12.5 Å². The predicted octanol–water partition coefficient (Wildman–Crippen LogP) is -0.699. The van der Waals surface area contributed by atoms with Crippen molar-refractivity contribution >= 4 is 21.6 Å². The van der Waals surface area contributed by atoms with Crippen LogP contribution in [-0.2, 0) is 9.84 Å². The Hall–Kier alpha value is -0.770. The van der Waals surface area contributed by atoms with Crippen LogP contribution in [0.4, 0.5) is 0 Å². The molecule has 9 heteroatoms. The third-order valence-electron chi connectivity index (χ3n) is 2.02. The molecule has 0 saturated heterocycles. The lowest BCUT2D eigenvalue weighted by Gasteiger charge is -2.16. The van der Waals surface area contributed by atoms with E-state index in [4.69, 9.17) is 4.74 Å². The Morgan fingerprint density at radius 3 is 2.89 bits per heavy atom. The maximum absolute atomic E-state index is 11.0. The second-order valence-corrected chi connectivity index (χ2v) is 6.85. The molecule has 7 nitrogen and oxygen atoms in total. The van der Waals surface area contributed by atoms with Crippen LogP contribution in [0.2, 0.25) is 0 Å². The van der Waals surface area contributed by atoms with Gasteiger partial charge in [0, 0.05) is 18.8 Å². The van der Waals surface area contributed by atoms with Crippen LogP contribution in [0.3, 0.4) is 0 Å². The quantitative estimate of drug-likeness (QED) is 0.654. The van der Waals surface area contributed by atoms with Crippen molar-refractivity contribution in [3.8, 4) is 5.88 Å². The molecule has 0 aliphatic rings. The highest BCUT2D eigenvalue weighted by Crippen LogP contribution is 2.05. The molecule has 104 valence electrons. The van der Waals surface area contributed by atoms with Gasteiger partial charge >= 0.3 is 0 Å². The van der Waals surface area contributed by atoms with Gasteiger partial charge in [0.15, 0.2) is 0 Å². The molecule has 2 N–H and O–H groups in total. The molecule has 0 aromatic carbocycles. The predicted molar refractivity (Wildman–Crippen MR) is 68.6 cm³/mol. The lowest BCUT2D eigenvalue weighted by atomic mass is 10.3. The molecule has 0 aliphatic carbocycles. The zero-order valence-electron chi connectivity index (χ0n) is 10.2. The Morgan fingerprint density at radius 2 is 2.33 bits per heavy atom. The number of rotatable bonds is 8. The molecular weight excluding hydrogens is 278 g/mol.